The number of carbonyl (C=O) groups excluding carboxylic acids is 1. The molecule has 1 aromatic heterocycles. The maximum atomic E-state index is 12.3. The van der Waals surface area contributed by atoms with Crippen molar-refractivity contribution in [3.63, 3.8) is 0 Å². The summed E-state index contributed by atoms with van der Waals surface area (Å²) in [7, 11) is 0. The van der Waals surface area contributed by atoms with E-state index in [0.29, 0.717) is 16.4 Å². The summed E-state index contributed by atoms with van der Waals surface area (Å²) in [6, 6.07) is 15.4. The van der Waals surface area contributed by atoms with Crippen molar-refractivity contribution < 1.29 is 4.79 Å². The molecule has 0 atom stereocenters. The van der Waals surface area contributed by atoms with E-state index in [1.165, 1.54) is 6.07 Å². The van der Waals surface area contributed by atoms with Crippen LogP contribution in [0.4, 0.5) is 5.69 Å². The summed E-state index contributed by atoms with van der Waals surface area (Å²) < 4.78 is 2.04. The van der Waals surface area contributed by atoms with Crippen LogP contribution in [0.15, 0.2) is 63.9 Å². The number of carbonyl (C=O) groups is 1. The summed E-state index contributed by atoms with van der Waals surface area (Å²) in [4.78, 5) is 24.3. The second-order valence-corrected chi connectivity index (χ2v) is 7.07. The molecule has 1 N–H and O–H groups in total. The molecule has 0 saturated carbocycles. The lowest BCUT2D eigenvalue weighted by Crippen LogP contribution is -2.29. The van der Waals surface area contributed by atoms with Gasteiger partial charge >= 0.3 is 0 Å². The van der Waals surface area contributed by atoms with Crippen molar-refractivity contribution in [2.45, 2.75) is 6.54 Å². The van der Waals surface area contributed by atoms with Crippen LogP contribution < -0.4 is 10.9 Å². The Morgan fingerprint density at radius 3 is 2.54 bits per heavy atom. The molecule has 3 rings (SSSR count). The second kappa shape index (κ2) is 8.03. The number of benzene rings is 2. The maximum Gasteiger partial charge on any atom is 0.267 e. The van der Waals surface area contributed by atoms with Crippen LogP contribution in [-0.2, 0) is 11.3 Å². The van der Waals surface area contributed by atoms with Crippen LogP contribution in [0.1, 0.15) is 0 Å². The molecule has 8 heteroatoms. The standard InChI is InChI=1S/C18H12BrCl2N3O2/c19-12-6-4-11(5-7-12)14-8-9-17(26)24(23-14)10-16(25)22-15-3-1-2-13(20)18(15)21/h1-9H,10H2,(H,22,25). The summed E-state index contributed by atoms with van der Waals surface area (Å²) in [5.74, 6) is -0.434. The maximum absolute atomic E-state index is 12.3. The van der Waals surface area contributed by atoms with Crippen molar-refractivity contribution in [2.24, 2.45) is 0 Å². The molecule has 26 heavy (non-hydrogen) atoms. The van der Waals surface area contributed by atoms with Crippen molar-refractivity contribution in [1.82, 2.24) is 9.78 Å². The highest BCUT2D eigenvalue weighted by atomic mass is 79.9. The molecule has 3 aromatic rings. The van der Waals surface area contributed by atoms with Crippen LogP contribution in [0.5, 0.6) is 0 Å². The van der Waals surface area contributed by atoms with E-state index in [-0.39, 0.29) is 17.1 Å². The first kappa shape index (κ1) is 18.6. The quantitative estimate of drug-likeness (QED) is 0.628. The van der Waals surface area contributed by atoms with Gasteiger partial charge in [-0.05, 0) is 30.3 Å². The third-order valence-corrected chi connectivity index (χ3v) is 4.87. The van der Waals surface area contributed by atoms with Gasteiger partial charge in [-0.1, -0.05) is 57.3 Å². The minimum absolute atomic E-state index is 0.242. The lowest BCUT2D eigenvalue weighted by atomic mass is 10.1. The van der Waals surface area contributed by atoms with Gasteiger partial charge in [0, 0.05) is 16.1 Å². The SMILES string of the molecule is O=C(Cn1nc(-c2ccc(Br)cc2)ccc1=O)Nc1cccc(Cl)c1Cl. The van der Waals surface area contributed by atoms with Gasteiger partial charge in [0.25, 0.3) is 5.56 Å². The van der Waals surface area contributed by atoms with E-state index in [2.05, 4.69) is 26.3 Å². The molecule has 0 bridgehead atoms. The average molecular weight is 453 g/mol. The van der Waals surface area contributed by atoms with Crippen LogP contribution in [0.2, 0.25) is 10.0 Å². The second-order valence-electron chi connectivity index (χ2n) is 5.37. The number of aromatic nitrogens is 2. The predicted molar refractivity (Wildman–Crippen MR) is 107 cm³/mol. The molecule has 1 heterocycles. The molecule has 1 amide bonds. The van der Waals surface area contributed by atoms with Gasteiger partial charge in [0.2, 0.25) is 5.91 Å². The Kier molecular flexibility index (Phi) is 5.76. The highest BCUT2D eigenvalue weighted by molar-refractivity contribution is 9.10. The molecule has 0 aliphatic carbocycles. The van der Waals surface area contributed by atoms with E-state index in [1.807, 2.05) is 24.3 Å². The third-order valence-electron chi connectivity index (χ3n) is 3.53. The number of amides is 1. The monoisotopic (exact) mass is 451 g/mol. The van der Waals surface area contributed by atoms with Gasteiger partial charge in [-0.2, -0.15) is 5.10 Å². The fourth-order valence-electron chi connectivity index (χ4n) is 2.26. The number of nitrogens with one attached hydrogen (secondary N) is 1. The number of nitrogens with zero attached hydrogens (tertiary/aromatic N) is 2. The van der Waals surface area contributed by atoms with Crippen LogP contribution in [0.3, 0.4) is 0 Å². The van der Waals surface area contributed by atoms with E-state index in [4.69, 9.17) is 23.2 Å². The average Bonchev–Trinajstić information content (AvgIpc) is 2.62. The zero-order valence-electron chi connectivity index (χ0n) is 13.2. The lowest BCUT2D eigenvalue weighted by Gasteiger charge is -2.10. The number of anilines is 1. The molecule has 0 radical (unpaired) electrons. The lowest BCUT2D eigenvalue weighted by molar-refractivity contribution is -0.117. The predicted octanol–water partition coefficient (Wildman–Crippen LogP) is 4.62. The Bertz CT molecular complexity index is 1020. The van der Waals surface area contributed by atoms with Crippen LogP contribution in [0.25, 0.3) is 11.3 Å². The van der Waals surface area contributed by atoms with Crippen LogP contribution >= 0.6 is 39.1 Å². The minimum atomic E-state index is -0.434. The molecule has 132 valence electrons. The summed E-state index contributed by atoms with van der Waals surface area (Å²) in [5.41, 5.74) is 1.42. The Labute approximate surface area is 167 Å². The number of hydrogen-bond donors (Lipinski definition) is 1. The number of rotatable bonds is 4. The molecule has 0 saturated heterocycles. The van der Waals surface area contributed by atoms with Crippen molar-refractivity contribution in [1.29, 1.82) is 0 Å². The van der Waals surface area contributed by atoms with Crippen molar-refractivity contribution in [3.8, 4) is 11.3 Å². The van der Waals surface area contributed by atoms with E-state index >= 15 is 0 Å². The van der Waals surface area contributed by atoms with E-state index in [1.54, 1.807) is 24.3 Å². The molecular formula is C18H12BrCl2N3O2. The molecule has 0 aliphatic rings. The van der Waals surface area contributed by atoms with Crippen LogP contribution in [0, 0.1) is 0 Å². The topological polar surface area (TPSA) is 64.0 Å². The Morgan fingerprint density at radius 2 is 1.81 bits per heavy atom. The minimum Gasteiger partial charge on any atom is -0.323 e. The first-order chi connectivity index (χ1) is 12.4. The van der Waals surface area contributed by atoms with Gasteiger partial charge < -0.3 is 5.32 Å². The van der Waals surface area contributed by atoms with E-state index in [0.717, 1.165) is 14.7 Å². The molecule has 0 spiro atoms. The van der Waals surface area contributed by atoms with E-state index < -0.39 is 5.91 Å². The highest BCUT2D eigenvalue weighted by Gasteiger charge is 2.11. The Balaban J connectivity index is 1.82. The van der Waals surface area contributed by atoms with Gasteiger partial charge in [-0.3, -0.25) is 9.59 Å². The molecule has 0 fully saturated rings. The first-order valence-electron chi connectivity index (χ1n) is 7.52. The van der Waals surface area contributed by atoms with Gasteiger partial charge in [-0.15, -0.1) is 0 Å². The first-order valence-corrected chi connectivity index (χ1v) is 9.07. The van der Waals surface area contributed by atoms with Gasteiger partial charge in [0.15, 0.2) is 0 Å². The molecule has 0 aliphatic heterocycles. The van der Waals surface area contributed by atoms with Gasteiger partial charge in [0.05, 0.1) is 21.4 Å². The van der Waals surface area contributed by atoms with Crippen molar-refractivity contribution >= 4 is 50.7 Å². The number of halogens is 3. The molecule has 5 nitrogen and oxygen atoms in total. The van der Waals surface area contributed by atoms with E-state index in [9.17, 15) is 9.59 Å². The summed E-state index contributed by atoms with van der Waals surface area (Å²) in [5, 5.41) is 7.47. The summed E-state index contributed by atoms with van der Waals surface area (Å²) in [6.45, 7) is -0.244. The zero-order chi connectivity index (χ0) is 18.7. The smallest absolute Gasteiger partial charge is 0.267 e. The Hall–Kier alpha value is -2.15. The third kappa shape index (κ3) is 4.33. The fraction of sp³-hybridized carbons (Fsp3) is 0.0556. The zero-order valence-corrected chi connectivity index (χ0v) is 16.3. The fourth-order valence-corrected chi connectivity index (χ4v) is 2.88. The summed E-state index contributed by atoms with van der Waals surface area (Å²) >= 11 is 15.4. The number of hydrogen-bond acceptors (Lipinski definition) is 3. The normalized spacial score (nSPS) is 10.6. The van der Waals surface area contributed by atoms with Gasteiger partial charge in [-0.25, -0.2) is 4.68 Å². The molecule has 2 aromatic carbocycles. The highest BCUT2D eigenvalue weighted by Crippen LogP contribution is 2.29. The summed E-state index contributed by atoms with van der Waals surface area (Å²) in [6.07, 6.45) is 0. The molecule has 0 unspecified atom stereocenters. The van der Waals surface area contributed by atoms with Crippen molar-refractivity contribution in [3.05, 3.63) is 79.5 Å². The largest absolute Gasteiger partial charge is 0.323 e. The molecular weight excluding hydrogens is 441 g/mol. The van der Waals surface area contributed by atoms with Crippen LogP contribution in [-0.4, -0.2) is 15.7 Å². The van der Waals surface area contributed by atoms with Crippen molar-refractivity contribution in [2.75, 3.05) is 5.32 Å². The Morgan fingerprint density at radius 1 is 1.08 bits per heavy atom. The van der Waals surface area contributed by atoms with Gasteiger partial charge in [0.1, 0.15) is 6.54 Å².